The number of halogens is 1. The van der Waals surface area contributed by atoms with Crippen LogP contribution in [0.5, 0.6) is 5.75 Å². The Bertz CT molecular complexity index is 470. The van der Waals surface area contributed by atoms with Gasteiger partial charge in [-0.15, -0.1) is 0 Å². The Balaban J connectivity index is 1.68. The molecule has 0 bridgehead atoms. The van der Waals surface area contributed by atoms with E-state index < -0.39 is 0 Å². The van der Waals surface area contributed by atoms with E-state index in [9.17, 15) is 0 Å². The van der Waals surface area contributed by atoms with Gasteiger partial charge in [-0.25, -0.2) is 0 Å². The molecule has 1 aliphatic carbocycles. The summed E-state index contributed by atoms with van der Waals surface area (Å²) in [6.07, 6.45) is 5.29. The lowest BCUT2D eigenvalue weighted by molar-refractivity contribution is 0.188. The molecule has 0 spiro atoms. The second-order valence-electron chi connectivity index (χ2n) is 6.31. The van der Waals surface area contributed by atoms with Crippen LogP contribution in [0.15, 0.2) is 18.2 Å². The van der Waals surface area contributed by atoms with Crippen LogP contribution in [0.2, 0.25) is 5.02 Å². The molecule has 1 heterocycles. The topological polar surface area (TPSA) is 24.5 Å². The molecule has 0 unspecified atom stereocenters. The van der Waals surface area contributed by atoms with Crippen LogP contribution in [0.1, 0.15) is 31.2 Å². The number of benzene rings is 1. The molecule has 1 aliphatic heterocycles. The summed E-state index contributed by atoms with van der Waals surface area (Å²) in [6.45, 7) is 4.51. The van der Waals surface area contributed by atoms with Gasteiger partial charge < -0.3 is 10.1 Å². The Morgan fingerprint density at radius 3 is 2.67 bits per heavy atom. The van der Waals surface area contributed by atoms with E-state index in [1.807, 2.05) is 12.1 Å². The lowest BCUT2D eigenvalue weighted by Crippen LogP contribution is -2.37. The molecule has 1 saturated carbocycles. The summed E-state index contributed by atoms with van der Waals surface area (Å²) in [5.41, 5.74) is 1.21. The van der Waals surface area contributed by atoms with Crippen LogP contribution in [-0.2, 0) is 6.54 Å². The number of rotatable bonds is 6. The van der Waals surface area contributed by atoms with Gasteiger partial charge in [0.25, 0.3) is 0 Å². The van der Waals surface area contributed by atoms with Gasteiger partial charge in [-0.1, -0.05) is 11.6 Å². The zero-order valence-electron chi connectivity index (χ0n) is 12.8. The zero-order valence-corrected chi connectivity index (χ0v) is 13.5. The van der Waals surface area contributed by atoms with Crippen LogP contribution >= 0.6 is 11.6 Å². The first-order chi connectivity index (χ1) is 10.3. The first kappa shape index (κ1) is 15.1. The monoisotopic (exact) mass is 308 g/mol. The van der Waals surface area contributed by atoms with Gasteiger partial charge in [-0.3, -0.25) is 4.90 Å². The molecule has 1 aromatic carbocycles. The molecule has 1 aromatic rings. The van der Waals surface area contributed by atoms with Gasteiger partial charge in [0.15, 0.2) is 0 Å². The predicted molar refractivity (Wildman–Crippen MR) is 87.0 cm³/mol. The van der Waals surface area contributed by atoms with Gasteiger partial charge in [-0.2, -0.15) is 0 Å². The summed E-state index contributed by atoms with van der Waals surface area (Å²) in [5.74, 6) is 1.78. The highest BCUT2D eigenvalue weighted by Crippen LogP contribution is 2.32. The van der Waals surface area contributed by atoms with Gasteiger partial charge in [0.2, 0.25) is 0 Å². The highest BCUT2D eigenvalue weighted by atomic mass is 35.5. The maximum atomic E-state index is 6.16. The minimum Gasteiger partial charge on any atom is -0.496 e. The van der Waals surface area contributed by atoms with Gasteiger partial charge in [-0.05, 0) is 62.9 Å². The van der Waals surface area contributed by atoms with Crippen LogP contribution in [0.4, 0.5) is 0 Å². The standard InChI is InChI=1S/C17H25ClN2O/c1-21-17-5-2-15(18)10-14(17)12-20(16-3-4-16)11-13-6-8-19-9-7-13/h2,5,10,13,16,19H,3-4,6-9,11-12H2,1H3. The highest BCUT2D eigenvalue weighted by Gasteiger charge is 2.31. The molecular weight excluding hydrogens is 284 g/mol. The molecule has 2 aliphatic rings. The summed E-state index contributed by atoms with van der Waals surface area (Å²) in [6, 6.07) is 6.70. The largest absolute Gasteiger partial charge is 0.496 e. The van der Waals surface area contributed by atoms with Crippen molar-refractivity contribution in [3.05, 3.63) is 28.8 Å². The van der Waals surface area contributed by atoms with Crippen molar-refractivity contribution < 1.29 is 4.74 Å². The van der Waals surface area contributed by atoms with Crippen molar-refractivity contribution in [2.24, 2.45) is 5.92 Å². The summed E-state index contributed by atoms with van der Waals surface area (Å²) in [4.78, 5) is 2.64. The smallest absolute Gasteiger partial charge is 0.123 e. The number of nitrogens with one attached hydrogen (secondary N) is 1. The third-order valence-electron chi connectivity index (χ3n) is 4.63. The summed E-state index contributed by atoms with van der Waals surface area (Å²) in [5, 5.41) is 4.25. The van der Waals surface area contributed by atoms with Crippen molar-refractivity contribution in [1.29, 1.82) is 0 Å². The number of methoxy groups -OCH3 is 1. The van der Waals surface area contributed by atoms with Crippen molar-refractivity contribution in [1.82, 2.24) is 10.2 Å². The van der Waals surface area contributed by atoms with E-state index >= 15 is 0 Å². The van der Waals surface area contributed by atoms with Crippen molar-refractivity contribution in [3.63, 3.8) is 0 Å². The Morgan fingerprint density at radius 2 is 2.00 bits per heavy atom. The van der Waals surface area contributed by atoms with Gasteiger partial charge in [0, 0.05) is 29.7 Å². The minimum absolute atomic E-state index is 0.767. The van der Waals surface area contributed by atoms with Crippen molar-refractivity contribution >= 4 is 11.6 Å². The van der Waals surface area contributed by atoms with E-state index in [1.165, 1.54) is 50.9 Å². The normalized spacial score (nSPS) is 20.0. The molecule has 4 heteroatoms. The lowest BCUT2D eigenvalue weighted by Gasteiger charge is -2.30. The first-order valence-corrected chi connectivity index (χ1v) is 8.41. The molecule has 2 fully saturated rings. The number of piperidine rings is 1. The van der Waals surface area contributed by atoms with Gasteiger partial charge in [0.05, 0.1) is 7.11 Å². The van der Waals surface area contributed by atoms with Crippen molar-refractivity contribution in [2.75, 3.05) is 26.7 Å². The second-order valence-corrected chi connectivity index (χ2v) is 6.75. The molecule has 0 atom stereocenters. The molecule has 3 rings (SSSR count). The van der Waals surface area contributed by atoms with E-state index in [2.05, 4.69) is 16.3 Å². The Hall–Kier alpha value is -0.770. The highest BCUT2D eigenvalue weighted by molar-refractivity contribution is 6.30. The number of nitrogens with zero attached hydrogens (tertiary/aromatic N) is 1. The number of ether oxygens (including phenoxy) is 1. The maximum absolute atomic E-state index is 6.16. The van der Waals surface area contributed by atoms with E-state index in [0.29, 0.717) is 0 Å². The Labute approximate surface area is 132 Å². The van der Waals surface area contributed by atoms with Crippen LogP contribution < -0.4 is 10.1 Å². The number of hydrogen-bond acceptors (Lipinski definition) is 3. The second kappa shape index (κ2) is 6.99. The fourth-order valence-electron chi connectivity index (χ4n) is 3.27. The zero-order chi connectivity index (χ0) is 14.7. The Kier molecular flexibility index (Phi) is 5.04. The van der Waals surface area contributed by atoms with E-state index in [0.717, 1.165) is 29.3 Å². The van der Waals surface area contributed by atoms with E-state index in [-0.39, 0.29) is 0 Å². The first-order valence-electron chi connectivity index (χ1n) is 8.03. The van der Waals surface area contributed by atoms with Crippen LogP contribution in [0.3, 0.4) is 0 Å². The maximum Gasteiger partial charge on any atom is 0.123 e. The fraction of sp³-hybridized carbons (Fsp3) is 0.647. The molecule has 0 amide bonds. The van der Waals surface area contributed by atoms with Gasteiger partial charge in [0.1, 0.15) is 5.75 Å². The average Bonchev–Trinajstić information content (AvgIpc) is 3.33. The molecule has 116 valence electrons. The molecule has 0 radical (unpaired) electrons. The molecule has 0 aromatic heterocycles. The predicted octanol–water partition coefficient (Wildman–Crippen LogP) is 3.31. The summed E-state index contributed by atoms with van der Waals surface area (Å²) < 4.78 is 5.50. The summed E-state index contributed by atoms with van der Waals surface area (Å²) in [7, 11) is 1.74. The molecule has 21 heavy (non-hydrogen) atoms. The molecule has 1 saturated heterocycles. The lowest BCUT2D eigenvalue weighted by atomic mass is 9.97. The average molecular weight is 309 g/mol. The third kappa shape index (κ3) is 4.12. The molecular formula is C17H25ClN2O. The molecule has 3 nitrogen and oxygen atoms in total. The van der Waals surface area contributed by atoms with Crippen molar-refractivity contribution in [2.45, 2.75) is 38.3 Å². The molecule has 1 N–H and O–H groups in total. The van der Waals surface area contributed by atoms with Crippen LogP contribution in [0, 0.1) is 5.92 Å². The summed E-state index contributed by atoms with van der Waals surface area (Å²) >= 11 is 6.16. The quantitative estimate of drug-likeness (QED) is 0.872. The van der Waals surface area contributed by atoms with E-state index in [4.69, 9.17) is 16.3 Å². The van der Waals surface area contributed by atoms with Crippen LogP contribution in [-0.4, -0.2) is 37.7 Å². The Morgan fingerprint density at radius 1 is 1.24 bits per heavy atom. The van der Waals surface area contributed by atoms with Gasteiger partial charge >= 0.3 is 0 Å². The number of hydrogen-bond donors (Lipinski definition) is 1. The van der Waals surface area contributed by atoms with E-state index in [1.54, 1.807) is 7.11 Å². The third-order valence-corrected chi connectivity index (χ3v) is 4.87. The minimum atomic E-state index is 0.767. The SMILES string of the molecule is COc1ccc(Cl)cc1CN(CC1CCNCC1)C1CC1. The van der Waals surface area contributed by atoms with Crippen LogP contribution in [0.25, 0.3) is 0 Å². The van der Waals surface area contributed by atoms with Crippen molar-refractivity contribution in [3.8, 4) is 5.75 Å². The fourth-order valence-corrected chi connectivity index (χ4v) is 3.46.